The molecule has 1 unspecified atom stereocenters. The molecule has 2 aromatic rings. The molecule has 1 aromatic carbocycles. The normalized spacial score (nSPS) is 19.7. The third kappa shape index (κ3) is 2.77. The molecule has 0 radical (unpaired) electrons. The van der Waals surface area contributed by atoms with Crippen molar-refractivity contribution in [2.24, 2.45) is 5.92 Å². The molecule has 24 heavy (non-hydrogen) atoms. The van der Waals surface area contributed by atoms with Gasteiger partial charge in [-0.1, -0.05) is 30.3 Å². The summed E-state index contributed by atoms with van der Waals surface area (Å²) in [5.74, 6) is -0.116. The summed E-state index contributed by atoms with van der Waals surface area (Å²) in [6.45, 7) is 2.27. The van der Waals surface area contributed by atoms with E-state index in [-0.39, 0.29) is 17.7 Å². The van der Waals surface area contributed by atoms with E-state index in [0.717, 1.165) is 5.69 Å². The Balaban J connectivity index is 1.41. The van der Waals surface area contributed by atoms with Gasteiger partial charge in [0.25, 0.3) is 0 Å². The minimum Gasteiger partial charge on any atom is -0.336 e. The van der Waals surface area contributed by atoms with E-state index in [1.54, 1.807) is 11.1 Å². The molecule has 122 valence electrons. The average molecular weight is 321 g/mol. The van der Waals surface area contributed by atoms with Gasteiger partial charge >= 0.3 is 0 Å². The molecule has 2 aliphatic rings. The van der Waals surface area contributed by atoms with E-state index < -0.39 is 0 Å². The van der Waals surface area contributed by atoms with Gasteiger partial charge < -0.3 is 9.80 Å². The lowest BCUT2D eigenvalue weighted by molar-refractivity contribution is -0.136. The Labute approximate surface area is 140 Å². The summed E-state index contributed by atoms with van der Waals surface area (Å²) in [6, 6.07) is 13.8. The summed E-state index contributed by atoms with van der Waals surface area (Å²) in [6.07, 6.45) is 2.03. The highest BCUT2D eigenvalue weighted by Gasteiger charge is 2.37. The first-order valence-electron chi connectivity index (χ1n) is 8.24. The molecule has 1 saturated heterocycles. The number of carbonyl (C=O) groups excluding carboxylic acids is 2. The first-order valence-corrected chi connectivity index (χ1v) is 8.24. The van der Waals surface area contributed by atoms with Crippen molar-refractivity contribution in [3.63, 3.8) is 0 Å². The second-order valence-corrected chi connectivity index (χ2v) is 6.46. The van der Waals surface area contributed by atoms with Gasteiger partial charge in [-0.25, -0.2) is 0 Å². The van der Waals surface area contributed by atoms with Crippen molar-refractivity contribution >= 4 is 11.8 Å². The second kappa shape index (κ2) is 6.07. The minimum atomic E-state index is -0.240. The number of hydrogen-bond acceptors (Lipinski definition) is 3. The zero-order valence-corrected chi connectivity index (χ0v) is 13.4. The maximum absolute atomic E-state index is 12.8. The lowest BCUT2D eigenvalue weighted by atomic mass is 10.1. The number of pyridine rings is 1. The molecule has 0 N–H and O–H groups in total. The lowest BCUT2D eigenvalue weighted by Gasteiger charge is -2.20. The Morgan fingerprint density at radius 1 is 1.08 bits per heavy atom. The maximum Gasteiger partial charge on any atom is 0.228 e. The van der Waals surface area contributed by atoms with E-state index in [0.29, 0.717) is 32.6 Å². The highest BCUT2D eigenvalue weighted by Crippen LogP contribution is 2.27. The number of carbonyl (C=O) groups is 2. The fourth-order valence-corrected chi connectivity index (χ4v) is 3.52. The summed E-state index contributed by atoms with van der Waals surface area (Å²) in [4.78, 5) is 32.9. The van der Waals surface area contributed by atoms with Crippen LogP contribution in [0.15, 0.2) is 48.7 Å². The average Bonchev–Trinajstić information content (AvgIpc) is 3.19. The van der Waals surface area contributed by atoms with E-state index >= 15 is 0 Å². The number of rotatable bonds is 3. The van der Waals surface area contributed by atoms with Crippen molar-refractivity contribution in [2.75, 3.05) is 6.54 Å². The molecular formula is C19H19N3O2. The molecule has 4 rings (SSSR count). The van der Waals surface area contributed by atoms with Crippen molar-refractivity contribution in [3.05, 3.63) is 65.5 Å². The highest BCUT2D eigenvalue weighted by atomic mass is 16.2. The zero-order valence-electron chi connectivity index (χ0n) is 13.4. The predicted molar refractivity (Wildman–Crippen MR) is 88.5 cm³/mol. The third-order valence-electron chi connectivity index (χ3n) is 4.80. The number of amides is 2. The van der Waals surface area contributed by atoms with Crippen molar-refractivity contribution in [3.8, 4) is 0 Å². The Hall–Kier alpha value is -2.69. The fraction of sp³-hybridized carbons (Fsp3) is 0.316. The van der Waals surface area contributed by atoms with Crippen LogP contribution in [0, 0.1) is 5.92 Å². The number of benzene rings is 1. The number of fused-ring (bicyclic) bond motifs is 1. The minimum absolute atomic E-state index is 0.0377. The van der Waals surface area contributed by atoms with Crippen LogP contribution in [0.2, 0.25) is 0 Å². The highest BCUT2D eigenvalue weighted by molar-refractivity contribution is 5.89. The van der Waals surface area contributed by atoms with Crippen LogP contribution in [0.3, 0.4) is 0 Å². The van der Waals surface area contributed by atoms with Gasteiger partial charge in [0.05, 0.1) is 18.2 Å². The van der Waals surface area contributed by atoms with E-state index in [4.69, 9.17) is 0 Å². The summed E-state index contributed by atoms with van der Waals surface area (Å²) < 4.78 is 0. The van der Waals surface area contributed by atoms with E-state index in [9.17, 15) is 9.59 Å². The number of aromatic nitrogens is 1. The summed E-state index contributed by atoms with van der Waals surface area (Å²) in [5.41, 5.74) is 3.27. The largest absolute Gasteiger partial charge is 0.336 e. The molecule has 0 bridgehead atoms. The smallest absolute Gasteiger partial charge is 0.228 e. The zero-order chi connectivity index (χ0) is 16.5. The molecule has 1 fully saturated rings. The fourth-order valence-electron chi connectivity index (χ4n) is 3.52. The molecule has 5 heteroatoms. The molecule has 1 atom stereocenters. The molecule has 0 aliphatic carbocycles. The Bertz CT molecular complexity index is 750. The van der Waals surface area contributed by atoms with Crippen molar-refractivity contribution in [2.45, 2.75) is 26.1 Å². The van der Waals surface area contributed by atoms with Gasteiger partial charge in [0.1, 0.15) is 0 Å². The van der Waals surface area contributed by atoms with Gasteiger partial charge in [0.2, 0.25) is 11.8 Å². The number of nitrogens with zero attached hydrogens (tertiary/aromatic N) is 3. The van der Waals surface area contributed by atoms with Gasteiger partial charge in [-0.2, -0.15) is 0 Å². The van der Waals surface area contributed by atoms with Crippen molar-refractivity contribution in [1.82, 2.24) is 14.8 Å². The third-order valence-corrected chi connectivity index (χ3v) is 4.80. The van der Waals surface area contributed by atoms with E-state index in [1.165, 1.54) is 11.1 Å². The lowest BCUT2D eigenvalue weighted by Crippen LogP contribution is -2.33. The maximum atomic E-state index is 12.8. The Morgan fingerprint density at radius 2 is 1.79 bits per heavy atom. The quantitative estimate of drug-likeness (QED) is 0.868. The SMILES string of the molecule is O=C1CC(C(=O)N2Cc3ccccc3C2)CN1Cc1ccccn1. The van der Waals surface area contributed by atoms with Crippen LogP contribution >= 0.6 is 0 Å². The van der Waals surface area contributed by atoms with Crippen molar-refractivity contribution < 1.29 is 9.59 Å². The molecule has 5 nitrogen and oxygen atoms in total. The Kier molecular flexibility index (Phi) is 3.76. The first kappa shape index (κ1) is 14.9. The van der Waals surface area contributed by atoms with Gasteiger partial charge in [-0.3, -0.25) is 14.6 Å². The first-order chi connectivity index (χ1) is 11.7. The number of likely N-dealkylation sites (tertiary alicyclic amines) is 1. The summed E-state index contributed by atoms with van der Waals surface area (Å²) >= 11 is 0. The summed E-state index contributed by atoms with van der Waals surface area (Å²) in [5, 5.41) is 0. The van der Waals surface area contributed by atoms with Crippen LogP contribution in [0.1, 0.15) is 23.2 Å². The van der Waals surface area contributed by atoms with Gasteiger partial charge in [0.15, 0.2) is 0 Å². The molecule has 2 amide bonds. The topological polar surface area (TPSA) is 53.5 Å². The standard InChI is InChI=1S/C19H19N3O2/c23-18-9-16(12-21(18)13-17-7-3-4-8-20-17)19(24)22-10-14-5-1-2-6-15(14)11-22/h1-8,16H,9-13H2. The monoisotopic (exact) mass is 321 g/mol. The number of hydrogen-bond donors (Lipinski definition) is 0. The van der Waals surface area contributed by atoms with Crippen molar-refractivity contribution in [1.29, 1.82) is 0 Å². The molecule has 0 saturated carbocycles. The molecular weight excluding hydrogens is 302 g/mol. The van der Waals surface area contributed by atoms with Crippen LogP contribution < -0.4 is 0 Å². The van der Waals surface area contributed by atoms with E-state index in [1.807, 2.05) is 35.2 Å². The molecule has 0 spiro atoms. The van der Waals surface area contributed by atoms with Crippen LogP contribution in [0.25, 0.3) is 0 Å². The van der Waals surface area contributed by atoms with Crippen LogP contribution in [0.5, 0.6) is 0 Å². The molecule has 2 aliphatic heterocycles. The second-order valence-electron chi connectivity index (χ2n) is 6.46. The van der Waals surface area contributed by atoms with Gasteiger partial charge in [-0.15, -0.1) is 0 Å². The van der Waals surface area contributed by atoms with E-state index in [2.05, 4.69) is 17.1 Å². The van der Waals surface area contributed by atoms with Crippen LogP contribution in [0.4, 0.5) is 0 Å². The summed E-state index contributed by atoms with van der Waals surface area (Å²) in [7, 11) is 0. The Morgan fingerprint density at radius 3 is 2.46 bits per heavy atom. The van der Waals surface area contributed by atoms with Crippen LogP contribution in [-0.4, -0.2) is 33.1 Å². The van der Waals surface area contributed by atoms with Crippen LogP contribution in [-0.2, 0) is 29.2 Å². The molecule has 1 aromatic heterocycles. The molecule has 3 heterocycles. The predicted octanol–water partition coefficient (Wildman–Crippen LogP) is 1.97. The van der Waals surface area contributed by atoms with Gasteiger partial charge in [-0.05, 0) is 23.3 Å². The van der Waals surface area contributed by atoms with Gasteiger partial charge in [0, 0.05) is 32.3 Å².